The van der Waals surface area contributed by atoms with Crippen LogP contribution in [0.3, 0.4) is 0 Å². The number of amides is 1. The van der Waals surface area contributed by atoms with Gasteiger partial charge in [-0.3, -0.25) is 4.79 Å². The summed E-state index contributed by atoms with van der Waals surface area (Å²) in [6.07, 6.45) is 4.87. The van der Waals surface area contributed by atoms with Crippen molar-refractivity contribution in [3.05, 3.63) is 0 Å². The second-order valence-electron chi connectivity index (χ2n) is 5.22. The highest BCUT2D eigenvalue weighted by molar-refractivity contribution is 7.88. The molecule has 0 aromatic rings. The molecule has 0 aliphatic carbocycles. The molecule has 1 amide bonds. The molecule has 2 aliphatic heterocycles. The summed E-state index contributed by atoms with van der Waals surface area (Å²) in [4.78, 5) is 13.8. The van der Waals surface area contributed by atoms with Gasteiger partial charge in [-0.25, -0.2) is 8.42 Å². The lowest BCUT2D eigenvalue weighted by Crippen LogP contribution is -2.50. The van der Waals surface area contributed by atoms with Gasteiger partial charge in [-0.2, -0.15) is 4.31 Å². The zero-order valence-electron chi connectivity index (χ0n) is 11.4. The number of piperazine rings is 1. The average molecular weight is 290 g/mol. The molecule has 19 heavy (non-hydrogen) atoms. The van der Waals surface area contributed by atoms with Crippen molar-refractivity contribution in [2.24, 2.45) is 0 Å². The lowest BCUT2D eigenvalue weighted by Gasteiger charge is -2.33. The van der Waals surface area contributed by atoms with Gasteiger partial charge in [-0.15, -0.1) is 0 Å². The molecule has 2 aliphatic rings. The maximum absolute atomic E-state index is 12.0. The van der Waals surface area contributed by atoms with Gasteiger partial charge in [0, 0.05) is 39.2 Å². The van der Waals surface area contributed by atoms with Crippen LogP contribution in [0.15, 0.2) is 0 Å². The smallest absolute Gasteiger partial charge is 0.222 e. The molecule has 0 spiro atoms. The van der Waals surface area contributed by atoms with Gasteiger partial charge in [0.25, 0.3) is 0 Å². The summed E-state index contributed by atoms with van der Waals surface area (Å²) in [5, 5.41) is 0. The van der Waals surface area contributed by atoms with E-state index in [0.29, 0.717) is 32.6 Å². The van der Waals surface area contributed by atoms with Crippen LogP contribution in [0, 0.1) is 0 Å². The summed E-state index contributed by atoms with van der Waals surface area (Å²) in [6, 6.07) is 0. The molecule has 2 heterocycles. The Labute approximate surface area is 114 Å². The van der Waals surface area contributed by atoms with Crippen LogP contribution in [0.5, 0.6) is 0 Å². The van der Waals surface area contributed by atoms with Crippen LogP contribution < -0.4 is 0 Å². The molecule has 6 nitrogen and oxygen atoms in total. The highest BCUT2D eigenvalue weighted by atomic mass is 32.2. The Hall–Kier alpha value is -0.660. The first-order chi connectivity index (χ1) is 8.97. The Morgan fingerprint density at radius 1 is 1.26 bits per heavy atom. The molecule has 0 bridgehead atoms. The molecular weight excluding hydrogens is 268 g/mol. The number of nitrogens with zero attached hydrogens (tertiary/aromatic N) is 2. The van der Waals surface area contributed by atoms with E-state index in [1.807, 2.05) is 0 Å². The minimum atomic E-state index is -3.13. The number of ether oxygens (including phenoxy) is 1. The Kier molecular flexibility index (Phi) is 4.81. The highest BCUT2D eigenvalue weighted by Crippen LogP contribution is 2.18. The maximum Gasteiger partial charge on any atom is 0.222 e. The molecule has 2 fully saturated rings. The number of carbonyl (C=O) groups excluding carboxylic acids is 1. The van der Waals surface area contributed by atoms with Gasteiger partial charge in [0.05, 0.1) is 12.4 Å². The first kappa shape index (κ1) is 14.7. The van der Waals surface area contributed by atoms with Crippen molar-refractivity contribution < 1.29 is 17.9 Å². The highest BCUT2D eigenvalue weighted by Gasteiger charge is 2.26. The third kappa shape index (κ3) is 4.15. The molecule has 2 saturated heterocycles. The minimum Gasteiger partial charge on any atom is -0.378 e. The standard InChI is InChI=1S/C12H22N2O4S/c1-19(16,17)14-8-6-13(7-9-14)12(15)5-4-11-3-2-10-18-11/h11H,2-10H2,1H3/t11-/m0/s1. The van der Waals surface area contributed by atoms with Crippen LogP contribution in [0.2, 0.25) is 0 Å². The quantitative estimate of drug-likeness (QED) is 0.734. The molecule has 110 valence electrons. The van der Waals surface area contributed by atoms with Crippen molar-refractivity contribution in [3.8, 4) is 0 Å². The second kappa shape index (κ2) is 6.19. The zero-order chi connectivity index (χ0) is 13.9. The fourth-order valence-electron chi connectivity index (χ4n) is 2.58. The van der Waals surface area contributed by atoms with Gasteiger partial charge >= 0.3 is 0 Å². The van der Waals surface area contributed by atoms with Crippen molar-refractivity contribution in [1.29, 1.82) is 0 Å². The fourth-order valence-corrected chi connectivity index (χ4v) is 3.41. The van der Waals surface area contributed by atoms with E-state index in [0.717, 1.165) is 25.9 Å². The molecule has 7 heteroatoms. The maximum atomic E-state index is 12.0. The van der Waals surface area contributed by atoms with Gasteiger partial charge in [-0.1, -0.05) is 0 Å². The number of sulfonamides is 1. The summed E-state index contributed by atoms with van der Waals surface area (Å²) in [5.41, 5.74) is 0. The number of hydrogen-bond acceptors (Lipinski definition) is 4. The third-order valence-electron chi connectivity index (χ3n) is 3.76. The van der Waals surface area contributed by atoms with Crippen molar-refractivity contribution >= 4 is 15.9 Å². The van der Waals surface area contributed by atoms with Gasteiger partial charge in [-0.05, 0) is 19.3 Å². The molecule has 0 aromatic carbocycles. The Balaban J connectivity index is 1.73. The first-order valence-electron chi connectivity index (χ1n) is 6.81. The zero-order valence-corrected chi connectivity index (χ0v) is 12.2. The van der Waals surface area contributed by atoms with E-state index in [-0.39, 0.29) is 12.0 Å². The number of hydrogen-bond donors (Lipinski definition) is 0. The lowest BCUT2D eigenvalue weighted by atomic mass is 10.1. The van der Waals surface area contributed by atoms with Gasteiger partial charge in [0.1, 0.15) is 0 Å². The van der Waals surface area contributed by atoms with Crippen LogP contribution in [0.4, 0.5) is 0 Å². The normalized spacial score (nSPS) is 25.7. The topological polar surface area (TPSA) is 66.9 Å². The van der Waals surface area contributed by atoms with Crippen molar-refractivity contribution in [2.75, 3.05) is 39.0 Å². The molecule has 0 radical (unpaired) electrons. The summed E-state index contributed by atoms with van der Waals surface area (Å²) in [7, 11) is -3.13. The summed E-state index contributed by atoms with van der Waals surface area (Å²) >= 11 is 0. The molecule has 1 atom stereocenters. The monoisotopic (exact) mass is 290 g/mol. The average Bonchev–Trinajstić information content (AvgIpc) is 2.88. The van der Waals surface area contributed by atoms with Crippen LogP contribution in [0.1, 0.15) is 25.7 Å². The van der Waals surface area contributed by atoms with E-state index >= 15 is 0 Å². The molecule has 0 aromatic heterocycles. The van der Waals surface area contributed by atoms with Crippen LogP contribution in [-0.4, -0.2) is 68.7 Å². The SMILES string of the molecule is CS(=O)(=O)N1CCN(C(=O)CC[C@@H]2CCCO2)CC1. The van der Waals surface area contributed by atoms with Crippen molar-refractivity contribution in [2.45, 2.75) is 31.8 Å². The second-order valence-corrected chi connectivity index (χ2v) is 7.20. The van der Waals surface area contributed by atoms with E-state index in [4.69, 9.17) is 4.74 Å². The largest absolute Gasteiger partial charge is 0.378 e. The van der Waals surface area contributed by atoms with E-state index < -0.39 is 10.0 Å². The summed E-state index contributed by atoms with van der Waals surface area (Å²) < 4.78 is 29.7. The first-order valence-corrected chi connectivity index (χ1v) is 8.66. The Morgan fingerprint density at radius 2 is 1.95 bits per heavy atom. The molecular formula is C12H22N2O4S. The van der Waals surface area contributed by atoms with Gasteiger partial charge < -0.3 is 9.64 Å². The predicted molar refractivity (Wildman–Crippen MR) is 71.2 cm³/mol. The summed E-state index contributed by atoms with van der Waals surface area (Å²) in [6.45, 7) is 2.62. The van der Waals surface area contributed by atoms with Gasteiger partial charge in [0.15, 0.2) is 0 Å². The fraction of sp³-hybridized carbons (Fsp3) is 0.917. The minimum absolute atomic E-state index is 0.114. The molecule has 0 unspecified atom stereocenters. The molecule has 0 saturated carbocycles. The van der Waals surface area contributed by atoms with Gasteiger partial charge in [0.2, 0.25) is 15.9 Å². The van der Waals surface area contributed by atoms with Crippen molar-refractivity contribution in [1.82, 2.24) is 9.21 Å². The van der Waals surface area contributed by atoms with Crippen LogP contribution in [-0.2, 0) is 19.6 Å². The molecule has 0 N–H and O–H groups in total. The summed E-state index contributed by atoms with van der Waals surface area (Å²) in [5.74, 6) is 0.114. The van der Waals surface area contributed by atoms with E-state index in [9.17, 15) is 13.2 Å². The van der Waals surface area contributed by atoms with E-state index in [2.05, 4.69) is 0 Å². The predicted octanol–water partition coefficient (Wildman–Crippen LogP) is 0.0494. The Morgan fingerprint density at radius 3 is 2.47 bits per heavy atom. The van der Waals surface area contributed by atoms with Crippen molar-refractivity contribution in [3.63, 3.8) is 0 Å². The number of rotatable bonds is 4. The Bertz CT molecular complexity index is 409. The van der Waals surface area contributed by atoms with Crippen LogP contribution in [0.25, 0.3) is 0 Å². The molecule has 2 rings (SSSR count). The number of carbonyl (C=O) groups is 1. The van der Waals surface area contributed by atoms with E-state index in [1.165, 1.54) is 10.6 Å². The third-order valence-corrected chi connectivity index (χ3v) is 5.07. The lowest BCUT2D eigenvalue weighted by molar-refractivity contribution is -0.133. The van der Waals surface area contributed by atoms with E-state index in [1.54, 1.807) is 4.90 Å². The van der Waals surface area contributed by atoms with Crippen LogP contribution >= 0.6 is 0 Å².